The minimum Gasteiger partial charge on any atom is -0.493 e. The number of halogens is 3. The van der Waals surface area contributed by atoms with E-state index >= 15 is 0 Å². The van der Waals surface area contributed by atoms with Gasteiger partial charge in [-0.3, -0.25) is 9.10 Å². The van der Waals surface area contributed by atoms with Crippen LogP contribution in [-0.4, -0.2) is 47.4 Å². The fraction of sp³-hybridized carbons (Fsp3) is 0.208. The van der Waals surface area contributed by atoms with Crippen LogP contribution in [0.25, 0.3) is 0 Å². The van der Waals surface area contributed by atoms with Gasteiger partial charge in [-0.05, 0) is 54.6 Å². The third-order valence-corrected chi connectivity index (χ3v) is 8.25. The first-order valence-electron chi connectivity index (χ1n) is 10.5. The Bertz CT molecular complexity index is 1320. The molecule has 0 aliphatic carbocycles. The minimum absolute atomic E-state index is 0.0295. The van der Waals surface area contributed by atoms with Crippen molar-refractivity contribution >= 4 is 56.6 Å². The van der Waals surface area contributed by atoms with Crippen LogP contribution in [0.5, 0.6) is 11.5 Å². The van der Waals surface area contributed by atoms with Gasteiger partial charge in [0.05, 0.1) is 29.8 Å². The molecule has 0 saturated carbocycles. The number of methoxy groups -OCH3 is 2. The molecule has 0 unspecified atom stereocenters. The number of benzene rings is 3. The number of carbonyl (C=O) groups is 1. The topological polar surface area (TPSA) is 84.9 Å². The van der Waals surface area contributed by atoms with Crippen molar-refractivity contribution in [2.75, 3.05) is 37.4 Å². The second-order valence-electron chi connectivity index (χ2n) is 7.28. The second-order valence-corrected chi connectivity index (χ2v) is 11.2. The van der Waals surface area contributed by atoms with Crippen LogP contribution < -0.4 is 19.1 Å². The lowest BCUT2D eigenvalue weighted by atomic mass is 10.3. The summed E-state index contributed by atoms with van der Waals surface area (Å²) < 4.78 is 52.2. The lowest BCUT2D eigenvalue weighted by Gasteiger charge is -2.24. The Hall–Kier alpha value is -2.66. The number of anilines is 1. The van der Waals surface area contributed by atoms with E-state index in [4.69, 9.17) is 32.7 Å². The minimum atomic E-state index is -4.28. The molecule has 0 aromatic heterocycles. The number of thioether (sulfide) groups is 1. The maximum Gasteiger partial charge on any atom is 0.264 e. The summed E-state index contributed by atoms with van der Waals surface area (Å²) >= 11 is 13.3. The van der Waals surface area contributed by atoms with E-state index in [2.05, 4.69) is 5.32 Å². The number of carbonyl (C=O) groups excluding carboxylic acids is 1. The number of nitrogens with one attached hydrogen (secondary N) is 1. The zero-order valence-corrected chi connectivity index (χ0v) is 22.5. The summed E-state index contributed by atoms with van der Waals surface area (Å²) in [5.74, 6) is -0.176. The van der Waals surface area contributed by atoms with E-state index in [0.29, 0.717) is 23.1 Å². The number of ether oxygens (including phenoxy) is 2. The molecule has 0 bridgehead atoms. The predicted molar refractivity (Wildman–Crippen MR) is 141 cm³/mol. The van der Waals surface area contributed by atoms with Gasteiger partial charge in [-0.25, -0.2) is 12.8 Å². The number of hydrogen-bond acceptors (Lipinski definition) is 6. The predicted octanol–water partition coefficient (Wildman–Crippen LogP) is 5.25. The molecule has 0 fully saturated rings. The highest BCUT2D eigenvalue weighted by atomic mass is 35.5. The van der Waals surface area contributed by atoms with Crippen LogP contribution in [0.1, 0.15) is 0 Å². The van der Waals surface area contributed by atoms with Crippen LogP contribution in [0.4, 0.5) is 10.1 Å². The van der Waals surface area contributed by atoms with Crippen molar-refractivity contribution < 1.29 is 27.1 Å². The molecule has 0 aliphatic rings. The van der Waals surface area contributed by atoms with Crippen molar-refractivity contribution in [1.82, 2.24) is 5.32 Å². The van der Waals surface area contributed by atoms with E-state index in [0.717, 1.165) is 21.3 Å². The summed E-state index contributed by atoms with van der Waals surface area (Å²) in [4.78, 5) is 13.6. The Morgan fingerprint density at radius 1 is 1.00 bits per heavy atom. The molecule has 1 N–H and O–H groups in total. The Labute approximate surface area is 223 Å². The van der Waals surface area contributed by atoms with Gasteiger partial charge >= 0.3 is 0 Å². The van der Waals surface area contributed by atoms with Gasteiger partial charge in [0.15, 0.2) is 11.5 Å². The molecule has 0 radical (unpaired) electrons. The van der Waals surface area contributed by atoms with Crippen LogP contribution in [0, 0.1) is 5.82 Å². The Balaban J connectivity index is 1.80. The van der Waals surface area contributed by atoms with Crippen molar-refractivity contribution in [3.05, 3.63) is 76.5 Å². The highest BCUT2D eigenvalue weighted by Gasteiger charge is 2.29. The van der Waals surface area contributed by atoms with E-state index in [1.165, 1.54) is 50.2 Å². The van der Waals surface area contributed by atoms with Gasteiger partial charge in [-0.15, -0.1) is 11.8 Å². The van der Waals surface area contributed by atoms with E-state index < -0.39 is 28.3 Å². The van der Waals surface area contributed by atoms with Crippen molar-refractivity contribution in [1.29, 1.82) is 0 Å². The van der Waals surface area contributed by atoms with Gasteiger partial charge in [-0.2, -0.15) is 0 Å². The van der Waals surface area contributed by atoms with Crippen molar-refractivity contribution in [3.63, 3.8) is 0 Å². The lowest BCUT2D eigenvalue weighted by Crippen LogP contribution is -2.41. The molecular formula is C24H23Cl2FN2O5S2. The average molecular weight is 573 g/mol. The number of sulfonamides is 1. The monoisotopic (exact) mass is 572 g/mol. The number of amides is 1. The number of nitrogens with zero attached hydrogens (tertiary/aromatic N) is 1. The lowest BCUT2D eigenvalue weighted by molar-refractivity contribution is -0.119. The van der Waals surface area contributed by atoms with Gasteiger partial charge in [0, 0.05) is 28.3 Å². The molecule has 192 valence electrons. The van der Waals surface area contributed by atoms with Gasteiger partial charge < -0.3 is 14.8 Å². The van der Waals surface area contributed by atoms with Crippen molar-refractivity contribution in [2.24, 2.45) is 0 Å². The van der Waals surface area contributed by atoms with E-state index in [1.807, 2.05) is 12.1 Å². The Morgan fingerprint density at radius 2 is 1.69 bits per heavy atom. The molecular weight excluding hydrogens is 550 g/mol. The maximum atomic E-state index is 13.8. The van der Waals surface area contributed by atoms with E-state index in [9.17, 15) is 17.6 Å². The molecule has 0 saturated heterocycles. The van der Waals surface area contributed by atoms with Crippen LogP contribution in [-0.2, 0) is 14.8 Å². The summed E-state index contributed by atoms with van der Waals surface area (Å²) in [5, 5.41) is 3.06. The Kier molecular flexibility index (Phi) is 9.72. The van der Waals surface area contributed by atoms with Crippen LogP contribution in [0.2, 0.25) is 10.0 Å². The van der Waals surface area contributed by atoms with Gasteiger partial charge in [0.2, 0.25) is 5.91 Å². The zero-order valence-electron chi connectivity index (χ0n) is 19.3. The third-order valence-electron chi connectivity index (χ3n) is 4.93. The molecule has 3 rings (SSSR count). The van der Waals surface area contributed by atoms with Gasteiger partial charge in [0.25, 0.3) is 10.0 Å². The van der Waals surface area contributed by atoms with Gasteiger partial charge in [-0.1, -0.05) is 23.2 Å². The largest absolute Gasteiger partial charge is 0.493 e. The smallest absolute Gasteiger partial charge is 0.264 e. The molecule has 7 nitrogen and oxygen atoms in total. The molecule has 0 heterocycles. The fourth-order valence-corrected chi connectivity index (χ4v) is 5.63. The zero-order chi connectivity index (χ0) is 26.3. The van der Waals surface area contributed by atoms with E-state index in [-0.39, 0.29) is 21.4 Å². The summed E-state index contributed by atoms with van der Waals surface area (Å²) in [6, 6.07) is 14.8. The van der Waals surface area contributed by atoms with Crippen LogP contribution in [0.15, 0.2) is 70.5 Å². The highest BCUT2D eigenvalue weighted by Crippen LogP contribution is 2.33. The Morgan fingerprint density at radius 3 is 2.33 bits per heavy atom. The maximum absolute atomic E-state index is 13.8. The molecule has 3 aromatic carbocycles. The third kappa shape index (κ3) is 6.97. The first-order valence-corrected chi connectivity index (χ1v) is 13.7. The summed E-state index contributed by atoms with van der Waals surface area (Å²) in [6.45, 7) is -0.259. The molecule has 0 spiro atoms. The standard InChI is InChI=1S/C24H23Cl2FN2O5S2/c1-33-22-10-8-19(14-23(22)34-2)36(31,32)29(17-5-9-21(27)20(26)13-17)15-24(30)28-11-12-35-18-6-3-16(25)4-7-18/h3-10,13-14H,11-12,15H2,1-2H3,(H,28,30). The molecule has 0 atom stereocenters. The molecule has 36 heavy (non-hydrogen) atoms. The number of rotatable bonds is 11. The molecule has 3 aromatic rings. The quantitative estimate of drug-likeness (QED) is 0.249. The highest BCUT2D eigenvalue weighted by molar-refractivity contribution is 7.99. The molecule has 1 amide bonds. The average Bonchev–Trinajstić information content (AvgIpc) is 2.87. The van der Waals surface area contributed by atoms with Crippen molar-refractivity contribution in [2.45, 2.75) is 9.79 Å². The molecule has 12 heteroatoms. The summed E-state index contributed by atoms with van der Waals surface area (Å²) in [7, 11) is -1.47. The molecule has 0 aliphatic heterocycles. The summed E-state index contributed by atoms with van der Waals surface area (Å²) in [5.41, 5.74) is 0.0295. The first-order chi connectivity index (χ1) is 17.1. The second kappa shape index (κ2) is 12.5. The fourth-order valence-electron chi connectivity index (χ4n) is 3.14. The first kappa shape index (κ1) is 27.9. The number of hydrogen-bond donors (Lipinski definition) is 1. The van der Waals surface area contributed by atoms with Crippen LogP contribution >= 0.6 is 35.0 Å². The van der Waals surface area contributed by atoms with Crippen LogP contribution in [0.3, 0.4) is 0 Å². The summed E-state index contributed by atoms with van der Waals surface area (Å²) in [6.07, 6.45) is 0. The van der Waals surface area contributed by atoms with Crippen molar-refractivity contribution in [3.8, 4) is 11.5 Å². The normalized spacial score (nSPS) is 11.1. The van der Waals surface area contributed by atoms with Gasteiger partial charge in [0.1, 0.15) is 12.4 Å². The van der Waals surface area contributed by atoms with E-state index in [1.54, 1.807) is 12.1 Å². The SMILES string of the molecule is COc1ccc(S(=O)(=O)N(CC(=O)NCCSc2ccc(Cl)cc2)c2ccc(F)c(Cl)c2)cc1OC.